The molecule has 0 aromatic carbocycles. The van der Waals surface area contributed by atoms with Crippen LogP contribution in [0.5, 0.6) is 0 Å². The third kappa shape index (κ3) is 1.90. The van der Waals surface area contributed by atoms with Crippen LogP contribution in [0.4, 0.5) is 0 Å². The molecule has 0 bridgehead atoms. The number of hydrogen-bond donors (Lipinski definition) is 2. The van der Waals surface area contributed by atoms with Gasteiger partial charge in [-0.3, -0.25) is 4.79 Å². The van der Waals surface area contributed by atoms with E-state index in [0.717, 1.165) is 6.42 Å². The summed E-state index contributed by atoms with van der Waals surface area (Å²) in [6, 6.07) is 0. The van der Waals surface area contributed by atoms with Crippen LogP contribution in [0, 0.1) is 5.41 Å². The van der Waals surface area contributed by atoms with Crippen molar-refractivity contribution in [1.82, 2.24) is 4.31 Å². The molecule has 7 heteroatoms. The van der Waals surface area contributed by atoms with Crippen molar-refractivity contribution in [1.29, 1.82) is 0 Å². The molecule has 2 aliphatic carbocycles. The molecule has 20 heavy (non-hydrogen) atoms. The molecule has 0 aromatic heterocycles. The maximum absolute atomic E-state index is 12.3. The number of nitrogens with zero attached hydrogens (tertiary/aromatic N) is 1. The van der Waals surface area contributed by atoms with Gasteiger partial charge in [-0.15, -0.1) is 0 Å². The molecule has 2 saturated carbocycles. The van der Waals surface area contributed by atoms with E-state index in [0.29, 0.717) is 45.1 Å². The minimum atomic E-state index is -3.35. The van der Waals surface area contributed by atoms with Gasteiger partial charge in [0.2, 0.25) is 10.0 Å². The van der Waals surface area contributed by atoms with Gasteiger partial charge in [0.25, 0.3) is 0 Å². The third-order valence-electron chi connectivity index (χ3n) is 5.25. The molecule has 1 unspecified atom stereocenters. The van der Waals surface area contributed by atoms with Gasteiger partial charge in [-0.1, -0.05) is 6.42 Å². The van der Waals surface area contributed by atoms with Gasteiger partial charge in [0.1, 0.15) is 0 Å². The van der Waals surface area contributed by atoms with Crippen molar-refractivity contribution in [2.45, 2.75) is 55.8 Å². The largest absolute Gasteiger partial charge is 0.481 e. The third-order valence-corrected chi connectivity index (χ3v) is 7.59. The zero-order valence-electron chi connectivity index (χ0n) is 11.4. The summed E-state index contributed by atoms with van der Waals surface area (Å²) in [7, 11) is -3.35. The van der Waals surface area contributed by atoms with Crippen LogP contribution in [-0.2, 0) is 14.8 Å². The number of carboxylic acid groups (broad SMARTS) is 1. The number of aliphatic hydroxyl groups is 1. The minimum absolute atomic E-state index is 0.0574. The molecule has 3 fully saturated rings. The lowest BCUT2D eigenvalue weighted by atomic mass is 9.56. The van der Waals surface area contributed by atoms with Crippen LogP contribution >= 0.6 is 0 Å². The first-order valence-electron chi connectivity index (χ1n) is 7.27. The van der Waals surface area contributed by atoms with Gasteiger partial charge in [0.05, 0.1) is 16.3 Å². The molecule has 1 aliphatic heterocycles. The molecule has 3 aliphatic rings. The van der Waals surface area contributed by atoms with E-state index in [2.05, 4.69) is 0 Å². The van der Waals surface area contributed by atoms with Crippen molar-refractivity contribution >= 4 is 16.0 Å². The minimum Gasteiger partial charge on any atom is -0.481 e. The highest BCUT2D eigenvalue weighted by atomic mass is 32.2. The summed E-state index contributed by atoms with van der Waals surface area (Å²) in [6.07, 6.45) is 3.92. The fourth-order valence-electron chi connectivity index (χ4n) is 3.59. The zero-order chi connectivity index (χ0) is 14.6. The quantitative estimate of drug-likeness (QED) is 0.791. The van der Waals surface area contributed by atoms with Gasteiger partial charge in [0, 0.05) is 13.1 Å². The lowest BCUT2D eigenvalue weighted by Gasteiger charge is -2.53. The molecule has 6 nitrogen and oxygen atoms in total. The molecule has 1 atom stereocenters. The number of piperidine rings is 1. The maximum Gasteiger partial charge on any atom is 0.312 e. The van der Waals surface area contributed by atoms with Crippen LogP contribution in [0.25, 0.3) is 0 Å². The Morgan fingerprint density at radius 2 is 1.80 bits per heavy atom. The standard InChI is InChI=1S/C13H21NO5S/c15-11(16)12(5-1-6-12)13(17)7-2-8-14(9-13)20(18,19)10-3-4-10/h10,17H,1-9H2,(H,15,16). The highest BCUT2D eigenvalue weighted by Crippen LogP contribution is 2.53. The number of rotatable bonds is 4. The van der Waals surface area contributed by atoms with E-state index in [1.165, 1.54) is 4.31 Å². The van der Waals surface area contributed by atoms with Crippen LogP contribution in [-0.4, -0.2) is 52.8 Å². The lowest BCUT2D eigenvalue weighted by Crippen LogP contribution is -2.64. The molecule has 2 N–H and O–H groups in total. The summed E-state index contributed by atoms with van der Waals surface area (Å²) < 4.78 is 25.9. The number of carbonyl (C=O) groups is 1. The summed E-state index contributed by atoms with van der Waals surface area (Å²) in [6.45, 7) is 0.342. The number of sulfonamides is 1. The van der Waals surface area contributed by atoms with E-state index >= 15 is 0 Å². The molecule has 1 heterocycles. The smallest absolute Gasteiger partial charge is 0.312 e. The topological polar surface area (TPSA) is 94.9 Å². The van der Waals surface area contributed by atoms with Gasteiger partial charge < -0.3 is 10.2 Å². The SMILES string of the molecule is O=C(O)C1(C2(O)CCCN(S(=O)(=O)C3CC3)C2)CCC1. The highest BCUT2D eigenvalue weighted by Gasteiger charge is 2.61. The zero-order valence-corrected chi connectivity index (χ0v) is 12.2. The second kappa shape index (κ2) is 4.42. The predicted octanol–water partition coefficient (Wildman–Crippen LogP) is 0.560. The Bertz CT molecular complexity index is 523. The van der Waals surface area contributed by atoms with Gasteiger partial charge in [-0.2, -0.15) is 4.31 Å². The van der Waals surface area contributed by atoms with Crippen LogP contribution in [0.1, 0.15) is 44.9 Å². The second-order valence-corrected chi connectivity index (χ2v) is 8.67. The first-order valence-corrected chi connectivity index (χ1v) is 8.77. The summed E-state index contributed by atoms with van der Waals surface area (Å²) in [5.74, 6) is -0.989. The number of aliphatic carboxylic acids is 1. The van der Waals surface area contributed by atoms with E-state index < -0.39 is 27.0 Å². The number of β-amino-alcohol motifs (C(OH)–C–C–N with tert-alkyl or cyclic N) is 1. The summed E-state index contributed by atoms with van der Waals surface area (Å²) in [5, 5.41) is 20.0. The van der Waals surface area contributed by atoms with Crippen molar-refractivity contribution in [2.75, 3.05) is 13.1 Å². The van der Waals surface area contributed by atoms with E-state index in [1.54, 1.807) is 0 Å². The molecular weight excluding hydrogens is 282 g/mol. The summed E-state index contributed by atoms with van der Waals surface area (Å²) in [5.41, 5.74) is -2.57. The fourth-order valence-corrected chi connectivity index (χ4v) is 5.52. The van der Waals surface area contributed by atoms with Gasteiger partial charge in [0.15, 0.2) is 0 Å². The fraction of sp³-hybridized carbons (Fsp3) is 0.923. The van der Waals surface area contributed by atoms with Gasteiger partial charge in [-0.25, -0.2) is 8.42 Å². The molecule has 0 amide bonds. The summed E-state index contributed by atoms with van der Waals surface area (Å²) in [4.78, 5) is 11.6. The van der Waals surface area contributed by atoms with Crippen molar-refractivity contribution in [2.24, 2.45) is 5.41 Å². The Morgan fingerprint density at radius 3 is 2.25 bits per heavy atom. The van der Waals surface area contributed by atoms with Crippen molar-refractivity contribution in [3.8, 4) is 0 Å². The second-order valence-electron chi connectivity index (χ2n) is 6.45. The Hall–Kier alpha value is -0.660. The molecular formula is C13H21NO5S. The van der Waals surface area contributed by atoms with Crippen LogP contribution < -0.4 is 0 Å². The Balaban J connectivity index is 1.85. The maximum atomic E-state index is 12.3. The molecule has 0 spiro atoms. The van der Waals surface area contributed by atoms with Crippen LogP contribution in [0.2, 0.25) is 0 Å². The molecule has 0 aromatic rings. The first-order chi connectivity index (χ1) is 9.32. The first kappa shape index (κ1) is 14.3. The van der Waals surface area contributed by atoms with E-state index in [1.807, 2.05) is 0 Å². The monoisotopic (exact) mass is 303 g/mol. The number of hydrogen-bond acceptors (Lipinski definition) is 4. The Morgan fingerprint density at radius 1 is 1.15 bits per heavy atom. The van der Waals surface area contributed by atoms with E-state index in [9.17, 15) is 23.4 Å². The Labute approximate surface area is 118 Å². The van der Waals surface area contributed by atoms with E-state index in [-0.39, 0.29) is 11.8 Å². The highest BCUT2D eigenvalue weighted by molar-refractivity contribution is 7.90. The Kier molecular flexibility index (Phi) is 3.15. The lowest BCUT2D eigenvalue weighted by molar-refractivity contribution is -0.191. The molecule has 114 valence electrons. The summed E-state index contributed by atoms with van der Waals surface area (Å²) >= 11 is 0. The van der Waals surface area contributed by atoms with Crippen LogP contribution in [0.3, 0.4) is 0 Å². The van der Waals surface area contributed by atoms with Crippen molar-refractivity contribution in [3.63, 3.8) is 0 Å². The van der Waals surface area contributed by atoms with Crippen LogP contribution in [0.15, 0.2) is 0 Å². The average Bonchev–Trinajstić information content (AvgIpc) is 3.09. The normalized spacial score (nSPS) is 34.5. The number of carboxylic acids is 1. The van der Waals surface area contributed by atoms with Crippen molar-refractivity contribution in [3.05, 3.63) is 0 Å². The van der Waals surface area contributed by atoms with E-state index in [4.69, 9.17) is 0 Å². The van der Waals surface area contributed by atoms with Gasteiger partial charge in [-0.05, 0) is 38.5 Å². The molecule has 0 radical (unpaired) electrons. The van der Waals surface area contributed by atoms with Gasteiger partial charge >= 0.3 is 5.97 Å². The molecule has 3 rings (SSSR count). The van der Waals surface area contributed by atoms with Crippen molar-refractivity contribution < 1.29 is 23.4 Å². The molecule has 1 saturated heterocycles. The predicted molar refractivity (Wildman–Crippen MR) is 71.6 cm³/mol. The average molecular weight is 303 g/mol.